The number of amides is 1. The van der Waals surface area contributed by atoms with E-state index < -0.39 is 0 Å². The lowest BCUT2D eigenvalue weighted by atomic mass is 9.91. The molecule has 4 rings (SSSR count). The van der Waals surface area contributed by atoms with Gasteiger partial charge < -0.3 is 15.4 Å². The summed E-state index contributed by atoms with van der Waals surface area (Å²) >= 11 is 6.38. The van der Waals surface area contributed by atoms with Crippen LogP contribution >= 0.6 is 11.6 Å². The van der Waals surface area contributed by atoms with Gasteiger partial charge in [0.15, 0.2) is 0 Å². The van der Waals surface area contributed by atoms with Gasteiger partial charge >= 0.3 is 6.09 Å². The minimum Gasteiger partial charge on any atom is -0.445 e. The standard InChI is InChI=1S/C25H27ClN4O2/c1-17-6-5-9-23(28-17)21-14-24(27-15-22(21)26)29-19-10-12-20(13-11-19)30-25(31)32-16-18-7-3-2-4-8-18/h2-9,14-15,19-20H,10-13,16H2,1H3,(H,27,29)(H,30,31)/t19-,20-. The molecule has 0 spiro atoms. The van der Waals surface area contributed by atoms with Crippen LogP contribution in [0, 0.1) is 6.92 Å². The maximum absolute atomic E-state index is 12.1. The second kappa shape index (κ2) is 10.5. The molecule has 2 N–H and O–H groups in total. The number of anilines is 1. The topological polar surface area (TPSA) is 76.1 Å². The number of hydrogen-bond donors (Lipinski definition) is 2. The molecule has 0 aliphatic heterocycles. The molecule has 0 bridgehead atoms. The summed E-state index contributed by atoms with van der Waals surface area (Å²) in [6, 6.07) is 17.9. The first kappa shape index (κ1) is 22.1. The van der Waals surface area contributed by atoms with Crippen molar-refractivity contribution in [2.24, 2.45) is 0 Å². The summed E-state index contributed by atoms with van der Waals surface area (Å²) in [5, 5.41) is 7.08. The van der Waals surface area contributed by atoms with Gasteiger partial charge in [-0.15, -0.1) is 0 Å². The summed E-state index contributed by atoms with van der Waals surface area (Å²) in [5.41, 5.74) is 3.62. The van der Waals surface area contributed by atoms with Crippen molar-refractivity contribution in [2.45, 2.75) is 51.3 Å². The molecule has 32 heavy (non-hydrogen) atoms. The molecule has 2 aromatic heterocycles. The Labute approximate surface area is 193 Å². The third-order valence-electron chi connectivity index (χ3n) is 5.63. The van der Waals surface area contributed by atoms with Crippen molar-refractivity contribution in [1.82, 2.24) is 15.3 Å². The Kier molecular flexibility index (Phi) is 7.22. The average molecular weight is 451 g/mol. The molecule has 0 unspecified atom stereocenters. The fraction of sp³-hybridized carbons (Fsp3) is 0.320. The second-order valence-corrected chi connectivity index (χ2v) is 8.52. The molecule has 0 radical (unpaired) electrons. The largest absolute Gasteiger partial charge is 0.445 e. The van der Waals surface area contributed by atoms with Gasteiger partial charge in [-0.3, -0.25) is 4.98 Å². The number of pyridine rings is 2. The summed E-state index contributed by atoms with van der Waals surface area (Å²) < 4.78 is 5.33. The van der Waals surface area contributed by atoms with Gasteiger partial charge in [-0.25, -0.2) is 9.78 Å². The lowest BCUT2D eigenvalue weighted by Gasteiger charge is -2.29. The normalized spacial score (nSPS) is 18.1. The van der Waals surface area contributed by atoms with E-state index in [0.717, 1.165) is 54.0 Å². The van der Waals surface area contributed by atoms with Crippen molar-refractivity contribution in [3.8, 4) is 11.3 Å². The molecule has 1 aromatic carbocycles. The smallest absolute Gasteiger partial charge is 0.407 e. The number of nitrogens with one attached hydrogen (secondary N) is 2. The van der Waals surface area contributed by atoms with E-state index in [1.54, 1.807) is 6.20 Å². The zero-order chi connectivity index (χ0) is 22.3. The number of carbonyl (C=O) groups excluding carboxylic acids is 1. The number of hydrogen-bond acceptors (Lipinski definition) is 5. The van der Waals surface area contributed by atoms with Crippen LogP contribution in [-0.2, 0) is 11.3 Å². The average Bonchev–Trinajstić information content (AvgIpc) is 2.81. The van der Waals surface area contributed by atoms with E-state index in [1.165, 1.54) is 0 Å². The van der Waals surface area contributed by atoms with Crippen LogP contribution in [0.5, 0.6) is 0 Å². The van der Waals surface area contributed by atoms with Crippen molar-refractivity contribution in [1.29, 1.82) is 0 Å². The van der Waals surface area contributed by atoms with Gasteiger partial charge in [-0.05, 0) is 56.4 Å². The predicted octanol–water partition coefficient (Wildman–Crippen LogP) is 5.75. The molecule has 3 aromatic rings. The van der Waals surface area contributed by atoms with Gasteiger partial charge in [-0.2, -0.15) is 0 Å². The van der Waals surface area contributed by atoms with E-state index in [9.17, 15) is 4.79 Å². The molecule has 6 nitrogen and oxygen atoms in total. The molecule has 2 heterocycles. The predicted molar refractivity (Wildman–Crippen MR) is 127 cm³/mol. The van der Waals surface area contributed by atoms with Gasteiger partial charge in [0.25, 0.3) is 0 Å². The highest BCUT2D eigenvalue weighted by Gasteiger charge is 2.23. The summed E-state index contributed by atoms with van der Waals surface area (Å²) in [6.45, 7) is 2.24. The van der Waals surface area contributed by atoms with E-state index in [1.807, 2.05) is 61.5 Å². The van der Waals surface area contributed by atoms with Crippen molar-refractivity contribution in [3.63, 3.8) is 0 Å². The van der Waals surface area contributed by atoms with E-state index in [0.29, 0.717) is 11.1 Å². The number of nitrogens with zero attached hydrogens (tertiary/aromatic N) is 2. The first-order valence-electron chi connectivity index (χ1n) is 10.9. The molecule has 1 saturated carbocycles. The first-order valence-corrected chi connectivity index (χ1v) is 11.3. The number of alkyl carbamates (subject to hydrolysis) is 1. The fourth-order valence-corrected chi connectivity index (χ4v) is 4.13. The SMILES string of the molecule is Cc1cccc(-c2cc(N[C@H]3CC[C@H](NC(=O)OCc4ccccc4)CC3)ncc2Cl)n1. The van der Waals surface area contributed by atoms with Crippen LogP contribution in [0.2, 0.25) is 5.02 Å². The molecule has 166 valence electrons. The number of rotatable bonds is 6. The maximum atomic E-state index is 12.1. The monoisotopic (exact) mass is 450 g/mol. The Balaban J connectivity index is 1.27. The maximum Gasteiger partial charge on any atom is 0.407 e. The van der Waals surface area contributed by atoms with Gasteiger partial charge in [0.2, 0.25) is 0 Å². The van der Waals surface area contributed by atoms with Crippen LogP contribution in [-0.4, -0.2) is 28.1 Å². The summed E-state index contributed by atoms with van der Waals surface area (Å²) in [7, 11) is 0. The second-order valence-electron chi connectivity index (χ2n) is 8.11. The number of aromatic nitrogens is 2. The highest BCUT2D eigenvalue weighted by Crippen LogP contribution is 2.29. The molecule has 7 heteroatoms. The Hall–Kier alpha value is -3.12. The third kappa shape index (κ3) is 5.98. The highest BCUT2D eigenvalue weighted by molar-refractivity contribution is 6.33. The Morgan fingerprint density at radius 1 is 1.06 bits per heavy atom. The summed E-state index contributed by atoms with van der Waals surface area (Å²) in [5.74, 6) is 0.784. The minimum atomic E-state index is -0.361. The van der Waals surface area contributed by atoms with Crippen molar-refractivity contribution >= 4 is 23.5 Å². The summed E-state index contributed by atoms with van der Waals surface area (Å²) in [4.78, 5) is 21.1. The zero-order valence-electron chi connectivity index (χ0n) is 18.1. The van der Waals surface area contributed by atoms with Gasteiger partial charge in [0.1, 0.15) is 12.4 Å². The number of benzene rings is 1. The number of ether oxygens (including phenoxy) is 1. The lowest BCUT2D eigenvalue weighted by molar-refractivity contribution is 0.132. The molecule has 1 fully saturated rings. The molecule has 1 aliphatic carbocycles. The summed E-state index contributed by atoms with van der Waals surface area (Å²) in [6.07, 6.45) is 4.95. The fourth-order valence-electron chi connectivity index (χ4n) is 3.93. The van der Waals surface area contributed by atoms with Crippen LogP contribution in [0.3, 0.4) is 0 Å². The van der Waals surface area contributed by atoms with Crippen LogP contribution in [0.4, 0.5) is 10.6 Å². The Morgan fingerprint density at radius 3 is 2.56 bits per heavy atom. The van der Waals surface area contributed by atoms with Crippen LogP contribution < -0.4 is 10.6 Å². The lowest BCUT2D eigenvalue weighted by Crippen LogP contribution is -2.40. The zero-order valence-corrected chi connectivity index (χ0v) is 18.8. The van der Waals surface area contributed by atoms with Crippen molar-refractivity contribution in [3.05, 3.63) is 77.1 Å². The van der Waals surface area contributed by atoms with Gasteiger partial charge in [-0.1, -0.05) is 48.0 Å². The van der Waals surface area contributed by atoms with Crippen LogP contribution in [0.25, 0.3) is 11.3 Å². The van der Waals surface area contributed by atoms with E-state index >= 15 is 0 Å². The molecule has 0 atom stereocenters. The number of halogens is 1. The third-order valence-corrected chi connectivity index (χ3v) is 5.93. The molecular weight excluding hydrogens is 424 g/mol. The first-order chi connectivity index (χ1) is 15.6. The van der Waals surface area contributed by atoms with Gasteiger partial charge in [0.05, 0.1) is 10.7 Å². The molecular formula is C25H27ClN4O2. The van der Waals surface area contributed by atoms with Gasteiger partial charge in [0, 0.05) is 29.5 Å². The molecule has 1 aliphatic rings. The van der Waals surface area contributed by atoms with Crippen LogP contribution in [0.15, 0.2) is 60.8 Å². The van der Waals surface area contributed by atoms with E-state index in [4.69, 9.17) is 16.3 Å². The molecule has 0 saturated heterocycles. The van der Waals surface area contributed by atoms with E-state index in [2.05, 4.69) is 20.6 Å². The van der Waals surface area contributed by atoms with E-state index in [-0.39, 0.29) is 18.7 Å². The molecule has 1 amide bonds. The van der Waals surface area contributed by atoms with Crippen molar-refractivity contribution < 1.29 is 9.53 Å². The van der Waals surface area contributed by atoms with Crippen molar-refractivity contribution in [2.75, 3.05) is 5.32 Å². The quantitative estimate of drug-likeness (QED) is 0.499. The van der Waals surface area contributed by atoms with Crippen LogP contribution in [0.1, 0.15) is 36.9 Å². The Bertz CT molecular complexity index is 1050. The number of carbonyl (C=O) groups is 1. The Morgan fingerprint density at radius 2 is 1.81 bits per heavy atom. The number of aryl methyl sites for hydroxylation is 1. The minimum absolute atomic E-state index is 0.126. The highest BCUT2D eigenvalue weighted by atomic mass is 35.5.